The molecule has 0 aliphatic carbocycles. The molecule has 1 heterocycles. The normalized spacial score (nSPS) is 10.3. The van der Waals surface area contributed by atoms with Gasteiger partial charge >= 0.3 is 5.97 Å². The first-order valence-corrected chi connectivity index (χ1v) is 5.97. The molecule has 104 valence electrons. The van der Waals surface area contributed by atoms with Crippen molar-refractivity contribution in [3.05, 3.63) is 45.4 Å². The molecule has 7 nitrogen and oxygen atoms in total. The van der Waals surface area contributed by atoms with Gasteiger partial charge in [0, 0.05) is 11.1 Å². The second-order valence-corrected chi connectivity index (χ2v) is 4.11. The predicted octanol–water partition coefficient (Wildman–Crippen LogP) is 3.08. The Morgan fingerprint density at radius 2 is 2.30 bits per heavy atom. The standard InChI is InChI=1S/C12H9ClN2O5/c1-2-19-12(16)10-11(20-6-14-10)8-4-3-7(13)5-9(8)15(17)18/h3-6H,2H2,1H3. The van der Waals surface area contributed by atoms with Crippen LogP contribution in [0.2, 0.25) is 5.02 Å². The molecular weight excluding hydrogens is 288 g/mol. The fourth-order valence-electron chi connectivity index (χ4n) is 1.63. The van der Waals surface area contributed by atoms with E-state index >= 15 is 0 Å². The van der Waals surface area contributed by atoms with Crippen molar-refractivity contribution in [2.45, 2.75) is 6.92 Å². The zero-order valence-electron chi connectivity index (χ0n) is 10.3. The Hall–Kier alpha value is -2.41. The number of oxazole rings is 1. The summed E-state index contributed by atoms with van der Waals surface area (Å²) in [5, 5.41) is 11.3. The third kappa shape index (κ3) is 2.62. The minimum Gasteiger partial charge on any atom is -0.461 e. The Labute approximate surface area is 118 Å². The molecule has 0 bridgehead atoms. The van der Waals surface area contributed by atoms with Crippen molar-refractivity contribution in [1.29, 1.82) is 0 Å². The average molecular weight is 297 g/mol. The van der Waals surface area contributed by atoms with Crippen LogP contribution in [0.1, 0.15) is 17.4 Å². The van der Waals surface area contributed by atoms with Crippen LogP contribution in [0.25, 0.3) is 11.3 Å². The van der Waals surface area contributed by atoms with Crippen molar-refractivity contribution in [3.8, 4) is 11.3 Å². The van der Waals surface area contributed by atoms with Crippen LogP contribution in [0.4, 0.5) is 5.69 Å². The number of esters is 1. The number of hydrogen-bond donors (Lipinski definition) is 0. The Balaban J connectivity index is 2.55. The molecule has 20 heavy (non-hydrogen) atoms. The van der Waals surface area contributed by atoms with Gasteiger partial charge in [0.2, 0.25) is 0 Å². The third-order valence-corrected chi connectivity index (χ3v) is 2.67. The highest BCUT2D eigenvalue weighted by molar-refractivity contribution is 6.31. The Kier molecular flexibility index (Phi) is 3.99. The fraction of sp³-hybridized carbons (Fsp3) is 0.167. The van der Waals surface area contributed by atoms with Crippen molar-refractivity contribution in [2.75, 3.05) is 6.61 Å². The van der Waals surface area contributed by atoms with Gasteiger partial charge in [-0.3, -0.25) is 10.1 Å². The summed E-state index contributed by atoms with van der Waals surface area (Å²) in [6, 6.07) is 4.03. The molecule has 0 amide bonds. The summed E-state index contributed by atoms with van der Waals surface area (Å²) in [5.41, 5.74) is -0.281. The van der Waals surface area contributed by atoms with Crippen LogP contribution in [-0.2, 0) is 4.74 Å². The number of nitro benzene ring substituents is 1. The molecule has 0 aliphatic rings. The summed E-state index contributed by atoms with van der Waals surface area (Å²) in [5.74, 6) is -0.729. The molecule has 0 aliphatic heterocycles. The zero-order valence-corrected chi connectivity index (χ0v) is 11.1. The van der Waals surface area contributed by atoms with Gasteiger partial charge in [0.25, 0.3) is 5.69 Å². The summed E-state index contributed by atoms with van der Waals surface area (Å²) >= 11 is 5.73. The van der Waals surface area contributed by atoms with Crippen LogP contribution in [0.15, 0.2) is 29.0 Å². The summed E-state index contributed by atoms with van der Waals surface area (Å²) in [6.45, 7) is 1.80. The minimum absolute atomic E-state index is 0.0215. The number of aromatic nitrogens is 1. The maximum Gasteiger partial charge on any atom is 0.360 e. The molecule has 0 saturated heterocycles. The number of halogens is 1. The first-order valence-electron chi connectivity index (χ1n) is 5.59. The highest BCUT2D eigenvalue weighted by Crippen LogP contribution is 2.34. The number of carbonyl (C=O) groups excluding carboxylic acids is 1. The Bertz CT molecular complexity index is 668. The van der Waals surface area contributed by atoms with Crippen molar-refractivity contribution in [2.24, 2.45) is 0 Å². The van der Waals surface area contributed by atoms with Gasteiger partial charge in [-0.05, 0) is 19.1 Å². The second kappa shape index (κ2) is 5.70. The van der Waals surface area contributed by atoms with E-state index in [1.165, 1.54) is 18.2 Å². The molecule has 0 atom stereocenters. The van der Waals surface area contributed by atoms with Gasteiger partial charge in [-0.1, -0.05) is 11.6 Å². The third-order valence-electron chi connectivity index (χ3n) is 2.44. The molecule has 2 rings (SSSR count). The van der Waals surface area contributed by atoms with Crippen LogP contribution in [0.3, 0.4) is 0 Å². The molecule has 0 unspecified atom stereocenters. The summed E-state index contributed by atoms with van der Waals surface area (Å²) in [6.07, 6.45) is 1.03. The van der Waals surface area contributed by atoms with E-state index in [-0.39, 0.29) is 34.3 Å². The van der Waals surface area contributed by atoms with E-state index in [9.17, 15) is 14.9 Å². The summed E-state index contributed by atoms with van der Waals surface area (Å²) < 4.78 is 9.90. The molecule has 0 N–H and O–H groups in total. The van der Waals surface area contributed by atoms with Crippen LogP contribution < -0.4 is 0 Å². The van der Waals surface area contributed by atoms with Gasteiger partial charge in [-0.2, -0.15) is 0 Å². The van der Waals surface area contributed by atoms with Gasteiger partial charge in [0.05, 0.1) is 17.1 Å². The van der Waals surface area contributed by atoms with E-state index in [1.54, 1.807) is 6.92 Å². The highest BCUT2D eigenvalue weighted by atomic mass is 35.5. The van der Waals surface area contributed by atoms with E-state index in [2.05, 4.69) is 4.98 Å². The smallest absolute Gasteiger partial charge is 0.360 e. The molecule has 2 aromatic rings. The van der Waals surface area contributed by atoms with E-state index in [0.29, 0.717) is 0 Å². The van der Waals surface area contributed by atoms with Gasteiger partial charge in [-0.15, -0.1) is 0 Å². The summed E-state index contributed by atoms with van der Waals surface area (Å²) in [4.78, 5) is 25.9. The minimum atomic E-state index is -0.708. The quantitative estimate of drug-likeness (QED) is 0.489. The number of hydrogen-bond acceptors (Lipinski definition) is 6. The number of carbonyl (C=O) groups is 1. The lowest BCUT2D eigenvalue weighted by molar-refractivity contribution is -0.384. The lowest BCUT2D eigenvalue weighted by Gasteiger charge is -2.03. The van der Waals surface area contributed by atoms with E-state index in [4.69, 9.17) is 20.8 Å². The molecule has 0 fully saturated rings. The summed E-state index contributed by atoms with van der Waals surface area (Å²) in [7, 11) is 0. The SMILES string of the molecule is CCOC(=O)c1ncoc1-c1ccc(Cl)cc1[N+](=O)[O-]. The van der Waals surface area contributed by atoms with Gasteiger partial charge in [0.1, 0.15) is 0 Å². The first kappa shape index (κ1) is 14.0. The largest absolute Gasteiger partial charge is 0.461 e. The fourth-order valence-corrected chi connectivity index (χ4v) is 1.80. The first-order chi connectivity index (χ1) is 9.54. The Morgan fingerprint density at radius 1 is 1.55 bits per heavy atom. The molecule has 0 saturated carbocycles. The molecule has 0 spiro atoms. The van der Waals surface area contributed by atoms with Crippen LogP contribution in [0, 0.1) is 10.1 Å². The maximum absolute atomic E-state index is 11.7. The zero-order chi connectivity index (χ0) is 14.7. The highest BCUT2D eigenvalue weighted by Gasteiger charge is 2.25. The molecular formula is C12H9ClN2O5. The van der Waals surface area contributed by atoms with Crippen molar-refractivity contribution in [1.82, 2.24) is 4.98 Å². The number of nitrogens with zero attached hydrogens (tertiary/aromatic N) is 2. The van der Waals surface area contributed by atoms with E-state index in [1.807, 2.05) is 0 Å². The molecule has 8 heteroatoms. The number of ether oxygens (including phenoxy) is 1. The van der Waals surface area contributed by atoms with Gasteiger partial charge in [0.15, 0.2) is 17.8 Å². The lowest BCUT2D eigenvalue weighted by atomic mass is 10.1. The van der Waals surface area contributed by atoms with Crippen molar-refractivity contribution < 1.29 is 18.9 Å². The second-order valence-electron chi connectivity index (χ2n) is 3.67. The van der Waals surface area contributed by atoms with Gasteiger partial charge < -0.3 is 9.15 Å². The lowest BCUT2D eigenvalue weighted by Crippen LogP contribution is -2.06. The average Bonchev–Trinajstić information content (AvgIpc) is 2.88. The number of rotatable bonds is 4. The Morgan fingerprint density at radius 3 is 2.95 bits per heavy atom. The molecule has 1 aromatic carbocycles. The predicted molar refractivity (Wildman–Crippen MR) is 69.6 cm³/mol. The van der Waals surface area contributed by atoms with Crippen LogP contribution in [0.5, 0.6) is 0 Å². The number of nitro groups is 1. The monoisotopic (exact) mass is 296 g/mol. The molecule has 1 aromatic heterocycles. The van der Waals surface area contributed by atoms with Crippen molar-refractivity contribution >= 4 is 23.3 Å². The molecule has 0 radical (unpaired) electrons. The van der Waals surface area contributed by atoms with Crippen molar-refractivity contribution in [3.63, 3.8) is 0 Å². The van der Waals surface area contributed by atoms with Gasteiger partial charge in [-0.25, -0.2) is 9.78 Å². The van der Waals surface area contributed by atoms with Crippen LogP contribution >= 0.6 is 11.6 Å². The topological polar surface area (TPSA) is 95.5 Å². The van der Waals surface area contributed by atoms with E-state index < -0.39 is 10.9 Å². The maximum atomic E-state index is 11.7. The number of benzene rings is 1. The van der Waals surface area contributed by atoms with Crippen LogP contribution in [-0.4, -0.2) is 22.5 Å². The van der Waals surface area contributed by atoms with E-state index in [0.717, 1.165) is 6.39 Å².